The Labute approximate surface area is 491 Å². The smallest absolute Gasteiger partial charge is 0.0645 e. The molecule has 0 fully saturated rings. The maximum absolute atomic E-state index is 10.2. The van der Waals surface area contributed by atoms with Gasteiger partial charge in [-0.15, -0.1) is 0 Å². The summed E-state index contributed by atoms with van der Waals surface area (Å²) >= 11 is 0. The molecule has 0 N–H and O–H groups in total. The minimum atomic E-state index is -1.09. The molecule has 4 aromatic heterocycles. The number of aromatic nitrogens is 2. The summed E-state index contributed by atoms with van der Waals surface area (Å²) in [4.78, 5) is 2.38. The number of fused-ring (bicyclic) bond motifs is 12. The van der Waals surface area contributed by atoms with Gasteiger partial charge in [0, 0.05) is 65.6 Å². The van der Waals surface area contributed by atoms with Gasteiger partial charge in [0.15, 0.2) is 0 Å². The standard InChI is InChI=1S/C74H58N4/c1-73(2,3)49-35-39-63(57(43-49)47-23-11-7-12-24-47)75(51-27-15-9-16-28-51)65-41-37-53-59-45-68-60(46-67(59)77-61-33-21-19-31-55(61)69(65)71(53)77)54-38-42-66(70-56-32-20-22-34-62(56)78(68)72(54)70)76(52-29-17-10-18-30-52)64-40-36-50(74(4,5)6)44-58(64)48-25-13-8-14-26-48/h7-46H,1-6H3/i7D,8D,9D,10D,11D,12D,13D,14D,15D,16D,17D,18D,23D,24D,25D,26D,27D,28D,29D,30D,35D,36D,39D,40D,43D,44D. The van der Waals surface area contributed by atoms with Crippen LogP contribution >= 0.6 is 0 Å². The first kappa shape index (κ1) is 26.6. The number of anilines is 6. The third-order valence-corrected chi connectivity index (χ3v) is 14.7. The predicted octanol–water partition coefficient (Wildman–Crippen LogP) is 20.9. The maximum Gasteiger partial charge on any atom is 0.0645 e. The van der Waals surface area contributed by atoms with Crippen molar-refractivity contribution in [1.82, 2.24) is 8.80 Å². The minimum absolute atomic E-state index is 0.0378. The van der Waals surface area contributed by atoms with E-state index in [2.05, 4.69) is 0 Å². The van der Waals surface area contributed by atoms with Crippen molar-refractivity contribution in [3.8, 4) is 22.3 Å². The molecule has 0 spiro atoms. The van der Waals surface area contributed by atoms with Crippen molar-refractivity contribution in [2.24, 2.45) is 0 Å². The Morgan fingerprint density at radius 2 is 0.718 bits per heavy atom. The first-order chi connectivity index (χ1) is 48.8. The second-order valence-corrected chi connectivity index (χ2v) is 21.4. The zero-order chi connectivity index (χ0) is 75.2. The van der Waals surface area contributed by atoms with Crippen molar-refractivity contribution < 1.29 is 35.6 Å². The van der Waals surface area contributed by atoms with Gasteiger partial charge in [-0.25, -0.2) is 0 Å². The normalized spacial score (nSPS) is 17.2. The van der Waals surface area contributed by atoms with E-state index in [1.165, 1.54) is 9.80 Å². The SMILES string of the molecule is [2H]c1c([2H])c([2H])c(-c2c([2H])c(C(C)(C)C)c([2H])c([2H])c2N(c2c([2H])c([2H])c([2H])c([2H])c2[2H])c2ccc3c4cc5c(cc4n4c6ccccc6c2c34)c2ccc(N(c3c([2H])c([2H])c([2H])c([2H])c3[2H])c3c([2H])c([2H])c(C(C)(C)C)c([2H])c3-c3c([2H])c([2H])c([2H])c([2H])c3[2H])c3c4ccccc4n5c23)c([2H])c1[2H]. The van der Waals surface area contributed by atoms with Gasteiger partial charge in [0.1, 0.15) is 0 Å². The van der Waals surface area contributed by atoms with Crippen LogP contribution in [0.2, 0.25) is 0 Å². The summed E-state index contributed by atoms with van der Waals surface area (Å²) in [6.07, 6.45) is 0. The molecule has 11 aromatic carbocycles. The van der Waals surface area contributed by atoms with E-state index in [0.717, 1.165) is 0 Å². The topological polar surface area (TPSA) is 15.3 Å². The van der Waals surface area contributed by atoms with Crippen LogP contribution in [-0.4, -0.2) is 8.80 Å². The largest absolute Gasteiger partial charge is 0.309 e. The minimum Gasteiger partial charge on any atom is -0.309 e. The summed E-state index contributed by atoms with van der Waals surface area (Å²) in [6, 6.07) is 6.35. The van der Waals surface area contributed by atoms with Crippen LogP contribution in [0.4, 0.5) is 34.1 Å². The Morgan fingerprint density at radius 1 is 0.346 bits per heavy atom. The molecule has 0 amide bonds. The van der Waals surface area contributed by atoms with Crippen molar-refractivity contribution in [2.45, 2.75) is 52.4 Å². The van der Waals surface area contributed by atoms with Crippen molar-refractivity contribution in [2.75, 3.05) is 9.80 Å². The third-order valence-electron chi connectivity index (χ3n) is 14.7. The van der Waals surface area contributed by atoms with Gasteiger partial charge in [-0.2, -0.15) is 0 Å². The Bertz CT molecular complexity index is 5920. The fourth-order valence-corrected chi connectivity index (χ4v) is 11.3. The Morgan fingerprint density at radius 3 is 1.10 bits per heavy atom. The highest BCUT2D eigenvalue weighted by atomic mass is 15.2. The zero-order valence-corrected chi connectivity index (χ0v) is 42.9. The van der Waals surface area contributed by atoms with Crippen molar-refractivity contribution in [3.63, 3.8) is 0 Å². The van der Waals surface area contributed by atoms with Gasteiger partial charge in [0.2, 0.25) is 0 Å². The lowest BCUT2D eigenvalue weighted by atomic mass is 9.84. The summed E-state index contributed by atoms with van der Waals surface area (Å²) in [5.41, 5.74) is -2.77. The summed E-state index contributed by atoms with van der Waals surface area (Å²) in [5, 5.41) is 4.26. The van der Waals surface area contributed by atoms with Gasteiger partial charge in [-0.05, 0) is 118 Å². The van der Waals surface area contributed by atoms with Crippen molar-refractivity contribution >= 4 is 110 Å². The van der Waals surface area contributed by atoms with Crippen molar-refractivity contribution in [1.29, 1.82) is 0 Å². The highest BCUT2D eigenvalue weighted by molar-refractivity contribution is 6.32. The second kappa shape index (κ2) is 17.1. The molecule has 0 radical (unpaired) electrons. The van der Waals surface area contributed by atoms with E-state index in [4.69, 9.17) is 16.4 Å². The molecule has 0 saturated heterocycles. The van der Waals surface area contributed by atoms with Gasteiger partial charge < -0.3 is 18.6 Å². The molecule has 0 atom stereocenters. The van der Waals surface area contributed by atoms with Crippen LogP contribution in [0, 0.1) is 0 Å². The van der Waals surface area contributed by atoms with E-state index in [1.54, 1.807) is 77.9 Å². The lowest BCUT2D eigenvalue weighted by Gasteiger charge is -2.30. The van der Waals surface area contributed by atoms with Crippen LogP contribution in [0.15, 0.2) is 242 Å². The van der Waals surface area contributed by atoms with Gasteiger partial charge in [0.05, 0.1) is 91.5 Å². The van der Waals surface area contributed by atoms with E-state index in [9.17, 15) is 19.2 Å². The summed E-state index contributed by atoms with van der Waals surface area (Å²) < 4.78 is 247. The summed E-state index contributed by atoms with van der Waals surface area (Å²) in [6.45, 7) is 10.1. The average molecular weight is 1030 g/mol. The van der Waals surface area contributed by atoms with E-state index in [1.807, 2.05) is 57.3 Å². The fourth-order valence-electron chi connectivity index (χ4n) is 11.3. The Kier molecular flexibility index (Phi) is 5.82. The molecule has 15 aromatic rings. The molecule has 4 nitrogen and oxygen atoms in total. The second-order valence-electron chi connectivity index (χ2n) is 21.4. The van der Waals surface area contributed by atoms with Gasteiger partial charge in [-0.3, -0.25) is 0 Å². The van der Waals surface area contributed by atoms with Gasteiger partial charge in [0.25, 0.3) is 0 Å². The molecule has 0 aliphatic rings. The molecular weight excluding hydrogens is 945 g/mol. The molecule has 0 saturated carbocycles. The van der Waals surface area contributed by atoms with Crippen LogP contribution < -0.4 is 9.80 Å². The van der Waals surface area contributed by atoms with Crippen LogP contribution in [0.1, 0.15) is 88.3 Å². The molecule has 4 heterocycles. The number of nitrogens with zero attached hydrogens (tertiary/aromatic N) is 4. The van der Waals surface area contributed by atoms with Gasteiger partial charge in [-0.1, -0.05) is 199 Å². The summed E-state index contributed by atoms with van der Waals surface area (Å²) in [5.74, 6) is 0. The highest BCUT2D eigenvalue weighted by Gasteiger charge is 2.30. The third kappa shape index (κ3) is 6.85. The quantitative estimate of drug-likeness (QED) is 0.151. The monoisotopic (exact) mass is 1030 g/mol. The number of hydrogen-bond acceptors (Lipinski definition) is 2. The molecular formula is C74H58N4. The summed E-state index contributed by atoms with van der Waals surface area (Å²) in [7, 11) is 0. The van der Waals surface area contributed by atoms with Crippen LogP contribution in [0.3, 0.4) is 0 Å². The van der Waals surface area contributed by atoms with E-state index in [-0.39, 0.29) is 22.5 Å². The molecule has 0 bridgehead atoms. The Hall–Kier alpha value is -9.38. The molecule has 0 unspecified atom stereocenters. The van der Waals surface area contributed by atoms with Crippen LogP contribution in [-0.2, 0) is 10.8 Å². The van der Waals surface area contributed by atoms with Crippen molar-refractivity contribution in [3.05, 3.63) is 253 Å². The van der Waals surface area contributed by atoms with Crippen LogP contribution in [0.25, 0.3) is 98.4 Å². The number of para-hydroxylation sites is 4. The van der Waals surface area contributed by atoms with E-state index < -0.39 is 213 Å². The Balaban J connectivity index is 1.09. The van der Waals surface area contributed by atoms with E-state index >= 15 is 0 Å². The lowest BCUT2D eigenvalue weighted by Crippen LogP contribution is -2.15. The highest BCUT2D eigenvalue weighted by Crippen LogP contribution is 2.53. The zero-order valence-electron chi connectivity index (χ0n) is 68.9. The predicted molar refractivity (Wildman–Crippen MR) is 333 cm³/mol. The average Bonchev–Trinajstić information content (AvgIpc) is 1.45. The number of rotatable bonds is 8. The first-order valence-electron chi connectivity index (χ1n) is 38.3. The molecule has 78 heavy (non-hydrogen) atoms. The molecule has 0 aliphatic carbocycles. The fraction of sp³-hybridized carbons (Fsp3) is 0.108. The maximum atomic E-state index is 10.2. The molecule has 4 heteroatoms. The molecule has 0 aliphatic heterocycles. The number of hydrogen-bond donors (Lipinski definition) is 0. The van der Waals surface area contributed by atoms with Gasteiger partial charge >= 0.3 is 0 Å². The lowest BCUT2D eigenvalue weighted by molar-refractivity contribution is 0.590. The molecule has 15 rings (SSSR count). The number of benzene rings is 11. The first-order valence-corrected chi connectivity index (χ1v) is 25.3. The van der Waals surface area contributed by atoms with E-state index in [0.29, 0.717) is 76.2 Å². The molecule has 374 valence electrons. The van der Waals surface area contributed by atoms with Crippen LogP contribution in [0.5, 0.6) is 0 Å².